The van der Waals surface area contributed by atoms with Crippen LogP contribution in [0.2, 0.25) is 0 Å². The fraction of sp³-hybridized carbons (Fsp3) is 0.973. The smallest absolute Gasteiger partial charge is 0.407 e. The van der Waals surface area contributed by atoms with Gasteiger partial charge in [0.2, 0.25) is 0 Å². The molecule has 0 radical (unpaired) electrons. The van der Waals surface area contributed by atoms with Crippen molar-refractivity contribution >= 4 is 17.7 Å². The first kappa shape index (κ1) is 53.0. The van der Waals surface area contributed by atoms with Crippen LogP contribution >= 0.6 is 11.6 Å². The zero-order valence-corrected chi connectivity index (χ0v) is 34.4. The maximum Gasteiger partial charge on any atom is 0.407 e. The van der Waals surface area contributed by atoms with Gasteiger partial charge in [-0.05, 0) is 33.6 Å². The molecule has 0 saturated carbocycles. The Kier molecular flexibility index (Phi) is 44.0. The topological polar surface area (TPSA) is 158 Å². The van der Waals surface area contributed by atoms with Crippen molar-refractivity contribution in [2.75, 3.05) is 184 Å². The first-order valence-corrected chi connectivity index (χ1v) is 20.0. The number of halogens is 1. The monoisotopic (exact) mass is 807 g/mol. The lowest BCUT2D eigenvalue weighted by Gasteiger charge is -2.19. The van der Waals surface area contributed by atoms with Gasteiger partial charge in [0.1, 0.15) is 5.60 Å². The van der Waals surface area contributed by atoms with Crippen LogP contribution in [0.3, 0.4) is 0 Å². The molecule has 1 N–H and O–H groups in total. The quantitative estimate of drug-likeness (QED) is 0.0704. The lowest BCUT2D eigenvalue weighted by atomic mass is 10.2. The minimum atomic E-state index is -0.514. The summed E-state index contributed by atoms with van der Waals surface area (Å²) >= 11 is 5.66. The molecule has 1 amide bonds. The summed E-state index contributed by atoms with van der Waals surface area (Å²) in [6, 6.07) is 0. The molecule has 0 bridgehead atoms. The van der Waals surface area contributed by atoms with Crippen LogP contribution in [0, 0.1) is 0 Å². The van der Waals surface area contributed by atoms with E-state index in [1.807, 2.05) is 20.8 Å². The predicted octanol–water partition coefficient (Wildman–Crippen LogP) is 3.53. The van der Waals surface area contributed by atoms with Crippen molar-refractivity contribution in [2.24, 2.45) is 0 Å². The second-order valence-electron chi connectivity index (χ2n) is 12.5. The molecule has 0 aliphatic carbocycles. The van der Waals surface area contributed by atoms with Gasteiger partial charge < -0.3 is 71.6 Å². The number of hydrogen-bond donors (Lipinski definition) is 1. The van der Waals surface area contributed by atoms with Gasteiger partial charge in [0.25, 0.3) is 0 Å². The highest BCUT2D eigenvalue weighted by Crippen LogP contribution is 2.06. The number of amides is 1. The molecule has 0 saturated heterocycles. The van der Waals surface area contributed by atoms with Crippen molar-refractivity contribution in [1.29, 1.82) is 0 Å². The summed E-state index contributed by atoms with van der Waals surface area (Å²) in [7, 11) is 0. The fourth-order valence-electron chi connectivity index (χ4n) is 3.93. The van der Waals surface area contributed by atoms with Crippen molar-refractivity contribution < 1.29 is 71.1 Å². The summed E-state index contributed by atoms with van der Waals surface area (Å²) in [6.45, 7) is 19.1. The number of unbranched alkanes of at least 4 members (excludes halogenated alkanes) is 3. The zero-order valence-electron chi connectivity index (χ0n) is 33.6. The third-order valence-corrected chi connectivity index (χ3v) is 6.82. The average Bonchev–Trinajstić information content (AvgIpc) is 3.14. The molecule has 0 aromatic rings. The number of alkyl carbamates (subject to hydrolysis) is 1. The number of hydrogen-bond acceptors (Lipinski definition) is 15. The van der Waals surface area contributed by atoms with Crippen LogP contribution in [0.4, 0.5) is 4.79 Å². The van der Waals surface area contributed by atoms with Crippen LogP contribution in [-0.4, -0.2) is 196 Å². The maximum atomic E-state index is 11.5. The normalized spacial score (nSPS) is 11.8. The Labute approximate surface area is 329 Å². The molecule has 0 aromatic carbocycles. The lowest BCUT2D eigenvalue weighted by molar-refractivity contribution is -0.0290. The molecular formula is C37H74ClNO15. The Morgan fingerprint density at radius 2 is 0.611 bits per heavy atom. The highest BCUT2D eigenvalue weighted by molar-refractivity contribution is 6.17. The van der Waals surface area contributed by atoms with Crippen LogP contribution in [0.5, 0.6) is 0 Å². The molecule has 16 nitrogen and oxygen atoms in total. The van der Waals surface area contributed by atoms with Crippen LogP contribution in [0.15, 0.2) is 0 Å². The molecule has 0 atom stereocenters. The van der Waals surface area contributed by atoms with Crippen molar-refractivity contribution in [1.82, 2.24) is 5.32 Å². The van der Waals surface area contributed by atoms with Crippen LogP contribution in [0.25, 0.3) is 0 Å². The molecule has 17 heteroatoms. The molecule has 0 aliphatic heterocycles. The molecule has 0 fully saturated rings. The van der Waals surface area contributed by atoms with E-state index in [-0.39, 0.29) is 0 Å². The van der Waals surface area contributed by atoms with E-state index in [0.29, 0.717) is 172 Å². The van der Waals surface area contributed by atoms with Gasteiger partial charge in [0.05, 0.1) is 165 Å². The van der Waals surface area contributed by atoms with E-state index in [0.717, 1.165) is 31.7 Å². The number of carbonyl (C=O) groups is 1. The molecule has 54 heavy (non-hydrogen) atoms. The largest absolute Gasteiger partial charge is 0.444 e. The summed E-state index contributed by atoms with van der Waals surface area (Å²) in [5, 5.41) is 2.63. The predicted molar refractivity (Wildman–Crippen MR) is 204 cm³/mol. The van der Waals surface area contributed by atoms with Crippen molar-refractivity contribution in [3.8, 4) is 0 Å². The fourth-order valence-corrected chi connectivity index (χ4v) is 4.12. The lowest BCUT2D eigenvalue weighted by Crippen LogP contribution is -2.34. The molecule has 0 aromatic heterocycles. The minimum absolute atomic E-state index is 0.381. The third kappa shape index (κ3) is 49.1. The second-order valence-corrected chi connectivity index (χ2v) is 12.9. The van der Waals surface area contributed by atoms with Crippen LogP contribution < -0.4 is 5.32 Å². The first-order chi connectivity index (χ1) is 26.5. The second kappa shape index (κ2) is 44.8. The molecule has 324 valence electrons. The van der Waals surface area contributed by atoms with Gasteiger partial charge in [-0.1, -0.05) is 12.8 Å². The molecule has 0 heterocycles. The maximum absolute atomic E-state index is 11.5. The summed E-state index contributed by atoms with van der Waals surface area (Å²) in [5.41, 5.74) is -0.514. The number of carbonyl (C=O) groups excluding carboxylic acids is 1. The van der Waals surface area contributed by atoms with E-state index < -0.39 is 11.7 Å². The number of rotatable bonds is 45. The first-order valence-electron chi connectivity index (χ1n) is 19.5. The number of alkyl halides is 1. The number of ether oxygens (including phenoxy) is 14. The van der Waals surface area contributed by atoms with E-state index in [4.69, 9.17) is 77.9 Å². The van der Waals surface area contributed by atoms with E-state index in [2.05, 4.69) is 5.32 Å². The van der Waals surface area contributed by atoms with Gasteiger partial charge in [0, 0.05) is 19.0 Å². The standard InChI is InChI=1S/C37H74ClNO15/c1-37(2,3)54-36(40)39-9-11-42-13-15-44-17-19-46-21-23-48-25-27-50-29-31-52-33-35-53-34-32-51-30-28-49-26-24-47-22-20-45-18-16-43-14-12-41-10-7-5-4-6-8-38/h4-35H2,1-3H3,(H,39,40). The summed E-state index contributed by atoms with van der Waals surface area (Å²) in [5.74, 6) is 0.739. The Bertz CT molecular complexity index is 740. The van der Waals surface area contributed by atoms with E-state index in [1.165, 1.54) is 6.42 Å². The van der Waals surface area contributed by atoms with Crippen molar-refractivity contribution in [3.05, 3.63) is 0 Å². The van der Waals surface area contributed by atoms with Crippen molar-refractivity contribution in [2.45, 2.75) is 52.1 Å². The third-order valence-electron chi connectivity index (χ3n) is 6.55. The minimum Gasteiger partial charge on any atom is -0.444 e. The number of nitrogens with one attached hydrogen (secondary N) is 1. The Balaban J connectivity index is 3.09. The summed E-state index contributed by atoms with van der Waals surface area (Å²) < 4.78 is 76.4. The van der Waals surface area contributed by atoms with Gasteiger partial charge in [-0.15, -0.1) is 11.6 Å². The Morgan fingerprint density at radius 3 is 0.870 bits per heavy atom. The van der Waals surface area contributed by atoms with Gasteiger partial charge in [-0.25, -0.2) is 4.79 Å². The molecule has 0 aliphatic rings. The van der Waals surface area contributed by atoms with Gasteiger partial charge >= 0.3 is 6.09 Å². The zero-order chi connectivity index (χ0) is 39.3. The van der Waals surface area contributed by atoms with Crippen LogP contribution in [-0.2, 0) is 66.3 Å². The SMILES string of the molecule is CC(C)(C)OC(=O)NCCOCCOCCOCCOCCOCCOCCOCCOCCOCCOCCOCCOCCOCCCCCCCl. The highest BCUT2D eigenvalue weighted by Gasteiger charge is 2.15. The van der Waals surface area contributed by atoms with Gasteiger partial charge in [-0.3, -0.25) is 0 Å². The van der Waals surface area contributed by atoms with E-state index in [1.54, 1.807) is 0 Å². The van der Waals surface area contributed by atoms with E-state index >= 15 is 0 Å². The Morgan fingerprint density at radius 1 is 0.370 bits per heavy atom. The van der Waals surface area contributed by atoms with Crippen molar-refractivity contribution in [3.63, 3.8) is 0 Å². The highest BCUT2D eigenvalue weighted by atomic mass is 35.5. The van der Waals surface area contributed by atoms with Crippen LogP contribution in [0.1, 0.15) is 46.5 Å². The Hall–Kier alpha value is -0.960. The molecule has 0 unspecified atom stereocenters. The van der Waals surface area contributed by atoms with Gasteiger partial charge in [-0.2, -0.15) is 0 Å². The summed E-state index contributed by atoms with van der Waals surface area (Å²) in [4.78, 5) is 11.5. The molecule has 0 spiro atoms. The van der Waals surface area contributed by atoms with E-state index in [9.17, 15) is 4.79 Å². The molecule has 0 rings (SSSR count). The van der Waals surface area contributed by atoms with Gasteiger partial charge in [0.15, 0.2) is 0 Å². The average molecular weight is 808 g/mol. The molecular weight excluding hydrogens is 734 g/mol. The summed E-state index contributed by atoms with van der Waals surface area (Å²) in [6.07, 6.45) is 4.03.